The van der Waals surface area contributed by atoms with Gasteiger partial charge in [0.05, 0.1) is 46.2 Å². The second-order valence-electron chi connectivity index (χ2n) is 6.42. The number of ether oxygens (including phenoxy) is 4. The fraction of sp³-hybridized carbons (Fsp3) is 1.00. The van der Waals surface area contributed by atoms with E-state index in [4.69, 9.17) is 24.7 Å². The van der Waals surface area contributed by atoms with Crippen LogP contribution in [-0.2, 0) is 18.9 Å². The van der Waals surface area contributed by atoms with Crippen molar-refractivity contribution in [2.75, 3.05) is 59.4 Å². The molecule has 5 nitrogen and oxygen atoms in total. The Kier molecular flexibility index (Phi) is 23.6. The molecule has 25 heavy (non-hydrogen) atoms. The van der Waals surface area contributed by atoms with Gasteiger partial charge in [0, 0.05) is 13.2 Å². The molecule has 0 saturated heterocycles. The van der Waals surface area contributed by atoms with E-state index in [2.05, 4.69) is 6.92 Å². The minimum absolute atomic E-state index is 0.558. The van der Waals surface area contributed by atoms with Gasteiger partial charge in [-0.05, 0) is 6.42 Å². The fourth-order valence-electron chi connectivity index (χ4n) is 2.54. The van der Waals surface area contributed by atoms with Crippen molar-refractivity contribution in [3.8, 4) is 0 Å². The Morgan fingerprint density at radius 1 is 0.440 bits per heavy atom. The number of hydrogen-bond acceptors (Lipinski definition) is 5. The van der Waals surface area contributed by atoms with E-state index < -0.39 is 0 Å². The van der Waals surface area contributed by atoms with Crippen LogP contribution < -0.4 is 5.73 Å². The van der Waals surface area contributed by atoms with Crippen LogP contribution in [0.3, 0.4) is 0 Å². The lowest BCUT2D eigenvalue weighted by Crippen LogP contribution is -2.14. The second kappa shape index (κ2) is 23.8. The molecule has 0 aliphatic rings. The van der Waals surface area contributed by atoms with Crippen molar-refractivity contribution >= 4 is 0 Å². The predicted molar refractivity (Wildman–Crippen MR) is 104 cm³/mol. The molecule has 0 aliphatic carbocycles. The van der Waals surface area contributed by atoms with E-state index in [1.165, 1.54) is 64.2 Å². The first-order valence-electron chi connectivity index (χ1n) is 10.4. The third-order valence-electron chi connectivity index (χ3n) is 4.02. The molecule has 0 aromatic heterocycles. The maximum absolute atomic E-state index is 5.58. The minimum Gasteiger partial charge on any atom is -0.379 e. The normalized spacial score (nSPS) is 11.3. The van der Waals surface area contributed by atoms with Gasteiger partial charge in [0.25, 0.3) is 0 Å². The van der Waals surface area contributed by atoms with Crippen LogP contribution in [-0.4, -0.2) is 59.4 Å². The summed E-state index contributed by atoms with van der Waals surface area (Å²) in [7, 11) is 0. The van der Waals surface area contributed by atoms with Gasteiger partial charge in [-0.2, -0.15) is 0 Å². The molecule has 0 bridgehead atoms. The van der Waals surface area contributed by atoms with Gasteiger partial charge in [-0.1, -0.05) is 64.7 Å². The smallest absolute Gasteiger partial charge is 0.0701 e. The topological polar surface area (TPSA) is 62.9 Å². The fourth-order valence-corrected chi connectivity index (χ4v) is 2.54. The first-order valence-corrected chi connectivity index (χ1v) is 10.4. The predicted octanol–water partition coefficient (Wildman–Crippen LogP) is 3.93. The third kappa shape index (κ3) is 23.8. The van der Waals surface area contributed by atoms with Crippen LogP contribution >= 0.6 is 0 Å². The van der Waals surface area contributed by atoms with Crippen LogP contribution in [0.4, 0.5) is 0 Å². The molecule has 0 spiro atoms. The molecule has 0 radical (unpaired) electrons. The van der Waals surface area contributed by atoms with Gasteiger partial charge in [-0.15, -0.1) is 0 Å². The van der Waals surface area contributed by atoms with Crippen LogP contribution in [0.15, 0.2) is 0 Å². The highest BCUT2D eigenvalue weighted by Gasteiger charge is 1.94. The van der Waals surface area contributed by atoms with E-state index >= 15 is 0 Å². The lowest BCUT2D eigenvalue weighted by molar-refractivity contribution is -0.00135. The molecule has 0 aromatic carbocycles. The Labute approximate surface area is 155 Å². The summed E-state index contributed by atoms with van der Waals surface area (Å²) >= 11 is 0. The summed E-state index contributed by atoms with van der Waals surface area (Å²) in [6.07, 6.45) is 13.6. The molecule has 152 valence electrons. The summed E-state index contributed by atoms with van der Waals surface area (Å²) in [6.45, 7) is 8.00. The molecule has 0 saturated carbocycles. The van der Waals surface area contributed by atoms with Crippen molar-refractivity contribution in [2.45, 2.75) is 71.1 Å². The summed E-state index contributed by atoms with van der Waals surface area (Å²) < 4.78 is 21.6. The van der Waals surface area contributed by atoms with Crippen molar-refractivity contribution in [1.29, 1.82) is 0 Å². The number of unbranched alkanes of at least 4 members (excludes halogenated alkanes) is 9. The van der Waals surface area contributed by atoms with Gasteiger partial charge in [0.1, 0.15) is 0 Å². The highest BCUT2D eigenvalue weighted by atomic mass is 16.6. The molecule has 0 fully saturated rings. The first kappa shape index (κ1) is 24.8. The average Bonchev–Trinajstić information content (AvgIpc) is 2.63. The molecule has 0 heterocycles. The molecule has 5 heteroatoms. The Balaban J connectivity index is 2.94. The average molecular weight is 362 g/mol. The quantitative estimate of drug-likeness (QED) is 0.296. The second-order valence-corrected chi connectivity index (χ2v) is 6.42. The Hall–Kier alpha value is -0.200. The van der Waals surface area contributed by atoms with E-state index in [1.807, 2.05) is 0 Å². The molecular formula is C20H43NO4. The van der Waals surface area contributed by atoms with Gasteiger partial charge in [-0.25, -0.2) is 0 Å². The summed E-state index contributed by atoms with van der Waals surface area (Å²) in [5.74, 6) is 0. The maximum Gasteiger partial charge on any atom is 0.0701 e. The SMILES string of the molecule is CCCCCCCCCCCCOCCOCCOCCOCCN. The van der Waals surface area contributed by atoms with Gasteiger partial charge < -0.3 is 24.7 Å². The molecule has 0 unspecified atom stereocenters. The largest absolute Gasteiger partial charge is 0.379 e. The van der Waals surface area contributed by atoms with Crippen LogP contribution in [0, 0.1) is 0 Å². The summed E-state index contributed by atoms with van der Waals surface area (Å²) in [4.78, 5) is 0. The first-order chi connectivity index (χ1) is 12.4. The number of rotatable bonds is 22. The molecule has 0 amide bonds. The van der Waals surface area contributed by atoms with Crippen LogP contribution in [0.25, 0.3) is 0 Å². The van der Waals surface area contributed by atoms with Crippen molar-refractivity contribution in [2.24, 2.45) is 5.73 Å². The van der Waals surface area contributed by atoms with E-state index in [9.17, 15) is 0 Å². The standard InChI is InChI=1S/C20H43NO4/c1-2-3-4-5-6-7-8-9-10-11-13-22-15-17-24-19-20-25-18-16-23-14-12-21/h2-21H2,1H3. The van der Waals surface area contributed by atoms with E-state index in [-0.39, 0.29) is 0 Å². The highest BCUT2D eigenvalue weighted by Crippen LogP contribution is 2.10. The van der Waals surface area contributed by atoms with E-state index in [0.29, 0.717) is 52.8 Å². The van der Waals surface area contributed by atoms with Crippen molar-refractivity contribution in [3.63, 3.8) is 0 Å². The lowest BCUT2D eigenvalue weighted by atomic mass is 10.1. The number of hydrogen-bond donors (Lipinski definition) is 1. The van der Waals surface area contributed by atoms with E-state index in [1.54, 1.807) is 0 Å². The molecule has 0 rings (SSSR count). The van der Waals surface area contributed by atoms with Crippen LogP contribution in [0.2, 0.25) is 0 Å². The Bertz CT molecular complexity index is 208. The number of nitrogens with two attached hydrogens (primary N) is 1. The monoisotopic (exact) mass is 361 g/mol. The molecule has 0 atom stereocenters. The summed E-state index contributed by atoms with van der Waals surface area (Å²) in [5.41, 5.74) is 5.32. The lowest BCUT2D eigenvalue weighted by Gasteiger charge is -2.07. The van der Waals surface area contributed by atoms with Crippen molar-refractivity contribution in [3.05, 3.63) is 0 Å². The van der Waals surface area contributed by atoms with Gasteiger partial charge in [-0.3, -0.25) is 0 Å². The Morgan fingerprint density at radius 2 is 0.800 bits per heavy atom. The Morgan fingerprint density at radius 3 is 1.24 bits per heavy atom. The van der Waals surface area contributed by atoms with Crippen molar-refractivity contribution < 1.29 is 18.9 Å². The van der Waals surface area contributed by atoms with E-state index in [0.717, 1.165) is 6.61 Å². The summed E-state index contributed by atoms with van der Waals surface area (Å²) in [6, 6.07) is 0. The van der Waals surface area contributed by atoms with Gasteiger partial charge >= 0.3 is 0 Å². The molecule has 2 N–H and O–H groups in total. The molecule has 0 aromatic rings. The van der Waals surface area contributed by atoms with Crippen LogP contribution in [0.5, 0.6) is 0 Å². The van der Waals surface area contributed by atoms with Gasteiger partial charge in [0.2, 0.25) is 0 Å². The van der Waals surface area contributed by atoms with Crippen LogP contribution in [0.1, 0.15) is 71.1 Å². The molecule has 0 aliphatic heterocycles. The summed E-state index contributed by atoms with van der Waals surface area (Å²) in [5, 5.41) is 0. The zero-order chi connectivity index (χ0) is 18.3. The van der Waals surface area contributed by atoms with Crippen molar-refractivity contribution in [1.82, 2.24) is 0 Å². The zero-order valence-electron chi connectivity index (χ0n) is 16.6. The molecular weight excluding hydrogens is 318 g/mol. The van der Waals surface area contributed by atoms with Gasteiger partial charge in [0.15, 0.2) is 0 Å². The minimum atomic E-state index is 0.558. The zero-order valence-corrected chi connectivity index (χ0v) is 16.6. The highest BCUT2D eigenvalue weighted by molar-refractivity contribution is 4.47. The third-order valence-corrected chi connectivity index (χ3v) is 4.02. The maximum atomic E-state index is 5.58.